The van der Waals surface area contributed by atoms with E-state index in [-0.39, 0.29) is 0 Å². The van der Waals surface area contributed by atoms with E-state index in [9.17, 15) is 4.79 Å². The first-order valence-electron chi connectivity index (χ1n) is 8.56. The van der Waals surface area contributed by atoms with Crippen LogP contribution in [0.5, 0.6) is 0 Å². The first-order valence-corrected chi connectivity index (χ1v) is 8.56. The SMILES string of the molecule is CC(C)CN(CCN(C)C)C(=O)CCC1CCCC(N)C1. The zero-order valence-corrected chi connectivity index (χ0v) is 14.5. The molecule has 0 spiro atoms. The van der Waals surface area contributed by atoms with Crippen molar-refractivity contribution in [3.63, 3.8) is 0 Å². The van der Waals surface area contributed by atoms with Crippen molar-refractivity contribution in [3.8, 4) is 0 Å². The second-order valence-electron chi connectivity index (χ2n) is 7.37. The monoisotopic (exact) mass is 297 g/mol. The van der Waals surface area contributed by atoms with Gasteiger partial charge in [0.25, 0.3) is 0 Å². The van der Waals surface area contributed by atoms with E-state index in [1.165, 1.54) is 12.8 Å². The molecule has 0 heterocycles. The van der Waals surface area contributed by atoms with Crippen LogP contribution >= 0.6 is 0 Å². The lowest BCUT2D eigenvalue weighted by Crippen LogP contribution is -2.39. The molecule has 0 saturated heterocycles. The van der Waals surface area contributed by atoms with Crippen LogP contribution in [0.25, 0.3) is 0 Å². The lowest BCUT2D eigenvalue weighted by atomic mass is 9.83. The summed E-state index contributed by atoms with van der Waals surface area (Å²) >= 11 is 0. The normalized spacial score (nSPS) is 22.8. The van der Waals surface area contributed by atoms with E-state index >= 15 is 0 Å². The van der Waals surface area contributed by atoms with E-state index < -0.39 is 0 Å². The van der Waals surface area contributed by atoms with E-state index in [1.54, 1.807) is 0 Å². The Morgan fingerprint density at radius 1 is 1.24 bits per heavy atom. The summed E-state index contributed by atoms with van der Waals surface area (Å²) in [7, 11) is 4.11. The van der Waals surface area contributed by atoms with Crippen molar-refractivity contribution in [1.29, 1.82) is 0 Å². The highest BCUT2D eigenvalue weighted by molar-refractivity contribution is 5.76. The van der Waals surface area contributed by atoms with E-state index in [4.69, 9.17) is 5.73 Å². The topological polar surface area (TPSA) is 49.6 Å². The Hall–Kier alpha value is -0.610. The second-order valence-corrected chi connectivity index (χ2v) is 7.37. The Morgan fingerprint density at radius 3 is 2.52 bits per heavy atom. The molecule has 2 N–H and O–H groups in total. The van der Waals surface area contributed by atoms with Crippen molar-refractivity contribution in [2.24, 2.45) is 17.6 Å². The van der Waals surface area contributed by atoms with Gasteiger partial charge in [-0.3, -0.25) is 4.79 Å². The number of hydrogen-bond acceptors (Lipinski definition) is 3. The zero-order valence-electron chi connectivity index (χ0n) is 14.5. The predicted octanol–water partition coefficient (Wildman–Crippen LogP) is 2.33. The minimum absolute atomic E-state index is 0.324. The number of nitrogens with two attached hydrogens (primary N) is 1. The molecule has 0 bridgehead atoms. The molecule has 4 nitrogen and oxygen atoms in total. The third kappa shape index (κ3) is 7.82. The molecule has 0 aromatic rings. The average molecular weight is 297 g/mol. The van der Waals surface area contributed by atoms with Crippen molar-refractivity contribution in [2.45, 2.75) is 58.4 Å². The fraction of sp³-hybridized carbons (Fsp3) is 0.941. The van der Waals surface area contributed by atoms with Crippen LogP contribution < -0.4 is 5.73 Å². The lowest BCUT2D eigenvalue weighted by molar-refractivity contribution is -0.132. The molecular formula is C17H35N3O. The van der Waals surface area contributed by atoms with Gasteiger partial charge in [0.1, 0.15) is 0 Å². The molecule has 2 unspecified atom stereocenters. The summed E-state index contributed by atoms with van der Waals surface area (Å²) in [5.41, 5.74) is 6.04. The fourth-order valence-electron chi connectivity index (χ4n) is 3.16. The van der Waals surface area contributed by atoms with E-state index in [0.29, 0.717) is 30.2 Å². The first kappa shape index (κ1) is 18.4. The van der Waals surface area contributed by atoms with Gasteiger partial charge in [-0.1, -0.05) is 26.7 Å². The Morgan fingerprint density at radius 2 is 1.95 bits per heavy atom. The third-order valence-corrected chi connectivity index (χ3v) is 4.35. The number of carbonyl (C=O) groups is 1. The molecule has 2 atom stereocenters. The summed E-state index contributed by atoms with van der Waals surface area (Å²) in [6.07, 6.45) is 6.46. The third-order valence-electron chi connectivity index (χ3n) is 4.35. The maximum Gasteiger partial charge on any atom is 0.222 e. The van der Waals surface area contributed by atoms with Gasteiger partial charge < -0.3 is 15.5 Å². The Labute approximate surface area is 131 Å². The maximum absolute atomic E-state index is 12.5. The molecule has 4 heteroatoms. The smallest absolute Gasteiger partial charge is 0.222 e. The number of carbonyl (C=O) groups excluding carboxylic acids is 1. The van der Waals surface area contributed by atoms with E-state index in [1.807, 2.05) is 4.90 Å². The van der Waals surface area contributed by atoms with Gasteiger partial charge in [0.2, 0.25) is 5.91 Å². The molecule has 1 saturated carbocycles. The van der Waals surface area contributed by atoms with Crippen LogP contribution in [-0.2, 0) is 4.79 Å². The summed E-state index contributed by atoms with van der Waals surface area (Å²) in [5.74, 6) is 1.51. The molecule has 0 aromatic carbocycles. The van der Waals surface area contributed by atoms with Crippen LogP contribution in [0.4, 0.5) is 0 Å². The highest BCUT2D eigenvalue weighted by Crippen LogP contribution is 2.27. The van der Waals surface area contributed by atoms with Crippen LogP contribution in [0.15, 0.2) is 0 Å². The molecule has 0 aliphatic heterocycles. The number of nitrogens with zero attached hydrogens (tertiary/aromatic N) is 2. The molecule has 0 radical (unpaired) electrons. The van der Waals surface area contributed by atoms with Gasteiger partial charge in [0.05, 0.1) is 0 Å². The largest absolute Gasteiger partial charge is 0.341 e. The van der Waals surface area contributed by atoms with Crippen molar-refractivity contribution >= 4 is 5.91 Å². The van der Waals surface area contributed by atoms with Crippen LogP contribution in [0.3, 0.4) is 0 Å². The van der Waals surface area contributed by atoms with Gasteiger partial charge in [-0.15, -0.1) is 0 Å². The highest BCUT2D eigenvalue weighted by Gasteiger charge is 2.21. The number of rotatable bonds is 8. The maximum atomic E-state index is 12.5. The van der Waals surface area contributed by atoms with Gasteiger partial charge in [-0.05, 0) is 45.2 Å². The summed E-state index contributed by atoms with van der Waals surface area (Å²) < 4.78 is 0. The lowest BCUT2D eigenvalue weighted by Gasteiger charge is -2.29. The van der Waals surface area contributed by atoms with Crippen LogP contribution in [-0.4, -0.2) is 55.5 Å². The van der Waals surface area contributed by atoms with Crippen LogP contribution in [0.2, 0.25) is 0 Å². The van der Waals surface area contributed by atoms with Crippen LogP contribution in [0.1, 0.15) is 52.4 Å². The molecule has 1 aliphatic rings. The number of hydrogen-bond donors (Lipinski definition) is 1. The van der Waals surface area contributed by atoms with Crippen molar-refractivity contribution < 1.29 is 4.79 Å². The van der Waals surface area contributed by atoms with Gasteiger partial charge in [0, 0.05) is 32.1 Å². The quantitative estimate of drug-likeness (QED) is 0.748. The minimum atomic E-state index is 0.324. The van der Waals surface area contributed by atoms with Crippen LogP contribution in [0, 0.1) is 11.8 Å². The minimum Gasteiger partial charge on any atom is -0.341 e. The van der Waals surface area contributed by atoms with Gasteiger partial charge >= 0.3 is 0 Å². The molecule has 1 rings (SSSR count). The molecular weight excluding hydrogens is 262 g/mol. The summed E-state index contributed by atoms with van der Waals surface area (Å²) in [4.78, 5) is 16.7. The fourth-order valence-corrected chi connectivity index (χ4v) is 3.16. The Bertz CT molecular complexity index is 304. The standard InChI is InChI=1S/C17H35N3O/c1-14(2)13-20(11-10-19(3)4)17(21)9-8-15-6-5-7-16(18)12-15/h14-16H,5-13,18H2,1-4H3. The number of likely N-dealkylation sites (N-methyl/N-ethyl adjacent to an activating group) is 1. The van der Waals surface area contributed by atoms with Crippen molar-refractivity contribution in [3.05, 3.63) is 0 Å². The molecule has 1 aliphatic carbocycles. The molecule has 124 valence electrons. The summed E-state index contributed by atoms with van der Waals surface area (Å²) in [6, 6.07) is 0.361. The molecule has 1 amide bonds. The first-order chi connectivity index (χ1) is 9.88. The zero-order chi connectivity index (χ0) is 15.8. The molecule has 1 fully saturated rings. The Kier molecular flexibility index (Phi) is 8.27. The predicted molar refractivity (Wildman–Crippen MR) is 89.1 cm³/mol. The summed E-state index contributed by atoms with van der Waals surface area (Å²) in [5, 5.41) is 0. The van der Waals surface area contributed by atoms with Gasteiger partial charge in [0.15, 0.2) is 0 Å². The number of amides is 1. The van der Waals surface area contributed by atoms with Gasteiger partial charge in [-0.25, -0.2) is 0 Å². The highest BCUT2D eigenvalue weighted by atomic mass is 16.2. The summed E-state index contributed by atoms with van der Waals surface area (Å²) in [6.45, 7) is 7.00. The van der Waals surface area contributed by atoms with E-state index in [0.717, 1.165) is 38.9 Å². The van der Waals surface area contributed by atoms with Gasteiger partial charge in [-0.2, -0.15) is 0 Å². The Balaban J connectivity index is 2.39. The van der Waals surface area contributed by atoms with Crippen molar-refractivity contribution in [2.75, 3.05) is 33.7 Å². The average Bonchev–Trinajstić information content (AvgIpc) is 2.40. The second kappa shape index (κ2) is 9.42. The van der Waals surface area contributed by atoms with E-state index in [2.05, 4.69) is 32.8 Å². The van der Waals surface area contributed by atoms with Crippen molar-refractivity contribution in [1.82, 2.24) is 9.80 Å². The molecule has 21 heavy (non-hydrogen) atoms. The molecule has 0 aromatic heterocycles.